The van der Waals surface area contributed by atoms with Crippen molar-refractivity contribution in [1.29, 1.82) is 0 Å². The first-order chi connectivity index (χ1) is 14.6. The Morgan fingerprint density at radius 2 is 2.17 bits per heavy atom. The number of aryl methyl sites for hydroxylation is 1. The number of methoxy groups -OCH3 is 1. The summed E-state index contributed by atoms with van der Waals surface area (Å²) in [4.78, 5) is 28.2. The SMILES string of the molecule is COc1ccc([C@H]2SCC(=O)Nc3c2c(C)nn3-c2ncnc3nc[nH]c23)cc1O. The van der Waals surface area contributed by atoms with Crippen molar-refractivity contribution in [2.24, 2.45) is 0 Å². The van der Waals surface area contributed by atoms with Crippen molar-refractivity contribution in [2.45, 2.75) is 12.2 Å². The molecule has 1 atom stereocenters. The smallest absolute Gasteiger partial charge is 0.235 e. The number of anilines is 1. The second-order valence-electron chi connectivity index (χ2n) is 6.73. The van der Waals surface area contributed by atoms with Crippen LogP contribution in [0.3, 0.4) is 0 Å². The van der Waals surface area contributed by atoms with Gasteiger partial charge in [-0.2, -0.15) is 9.78 Å². The number of nitrogens with zero attached hydrogens (tertiary/aromatic N) is 5. The third-order valence-electron chi connectivity index (χ3n) is 4.92. The van der Waals surface area contributed by atoms with Crippen LogP contribution in [0.1, 0.15) is 22.1 Å². The first-order valence-electron chi connectivity index (χ1n) is 9.09. The molecule has 10 nitrogen and oxygen atoms in total. The third-order valence-corrected chi connectivity index (χ3v) is 6.19. The van der Waals surface area contributed by atoms with Crippen molar-refractivity contribution in [3.8, 4) is 17.3 Å². The number of rotatable bonds is 3. The van der Waals surface area contributed by atoms with Gasteiger partial charge in [-0.05, 0) is 24.6 Å². The Morgan fingerprint density at radius 1 is 1.30 bits per heavy atom. The topological polar surface area (TPSA) is 131 Å². The third kappa shape index (κ3) is 2.86. The molecule has 0 saturated carbocycles. The molecule has 0 saturated heterocycles. The van der Waals surface area contributed by atoms with Crippen LogP contribution in [0.15, 0.2) is 30.9 Å². The number of phenols is 1. The summed E-state index contributed by atoms with van der Waals surface area (Å²) in [6, 6.07) is 5.25. The fraction of sp³-hybridized carbons (Fsp3) is 0.211. The second-order valence-corrected chi connectivity index (χ2v) is 7.82. The lowest BCUT2D eigenvalue weighted by molar-refractivity contribution is -0.113. The van der Waals surface area contributed by atoms with E-state index in [0.29, 0.717) is 28.5 Å². The first-order valence-corrected chi connectivity index (χ1v) is 10.1. The Morgan fingerprint density at radius 3 is 2.97 bits per heavy atom. The second kappa shape index (κ2) is 7.02. The number of ether oxygens (including phenoxy) is 1. The highest BCUT2D eigenvalue weighted by Crippen LogP contribution is 2.45. The van der Waals surface area contributed by atoms with Gasteiger partial charge in [0.1, 0.15) is 17.7 Å². The largest absolute Gasteiger partial charge is 0.504 e. The van der Waals surface area contributed by atoms with E-state index in [9.17, 15) is 9.90 Å². The van der Waals surface area contributed by atoms with E-state index < -0.39 is 0 Å². The molecule has 0 spiro atoms. The summed E-state index contributed by atoms with van der Waals surface area (Å²) in [5.41, 5.74) is 3.56. The molecule has 3 N–H and O–H groups in total. The molecule has 30 heavy (non-hydrogen) atoms. The summed E-state index contributed by atoms with van der Waals surface area (Å²) < 4.78 is 6.76. The van der Waals surface area contributed by atoms with Gasteiger partial charge in [-0.25, -0.2) is 15.0 Å². The Labute approximate surface area is 174 Å². The van der Waals surface area contributed by atoms with E-state index in [0.717, 1.165) is 16.8 Å². The fourth-order valence-electron chi connectivity index (χ4n) is 3.58. The van der Waals surface area contributed by atoms with E-state index in [-0.39, 0.29) is 22.7 Å². The lowest BCUT2D eigenvalue weighted by Crippen LogP contribution is -2.16. The molecule has 3 aromatic heterocycles. The number of aromatic hydroxyl groups is 1. The van der Waals surface area contributed by atoms with Crippen LogP contribution in [0.25, 0.3) is 17.0 Å². The number of hydrogen-bond donors (Lipinski definition) is 3. The van der Waals surface area contributed by atoms with Crippen LogP contribution in [0.4, 0.5) is 5.82 Å². The van der Waals surface area contributed by atoms with Gasteiger partial charge in [-0.3, -0.25) is 4.79 Å². The van der Waals surface area contributed by atoms with E-state index >= 15 is 0 Å². The number of carbonyl (C=O) groups excluding carboxylic acids is 1. The molecular weight excluding hydrogens is 406 g/mol. The van der Waals surface area contributed by atoms with Crippen LogP contribution in [0.5, 0.6) is 11.5 Å². The highest BCUT2D eigenvalue weighted by atomic mass is 32.2. The van der Waals surface area contributed by atoms with E-state index in [1.165, 1.54) is 31.5 Å². The number of thioether (sulfide) groups is 1. The zero-order valence-electron chi connectivity index (χ0n) is 16.1. The van der Waals surface area contributed by atoms with Gasteiger partial charge in [0.2, 0.25) is 5.91 Å². The van der Waals surface area contributed by atoms with E-state index in [2.05, 4.69) is 30.4 Å². The zero-order chi connectivity index (χ0) is 20.8. The van der Waals surface area contributed by atoms with Crippen LogP contribution < -0.4 is 10.1 Å². The number of imidazole rings is 1. The predicted octanol–water partition coefficient (Wildman–Crippen LogP) is 2.34. The van der Waals surface area contributed by atoms with Gasteiger partial charge in [0, 0.05) is 5.56 Å². The van der Waals surface area contributed by atoms with Gasteiger partial charge in [-0.15, -0.1) is 11.8 Å². The first kappa shape index (κ1) is 18.4. The van der Waals surface area contributed by atoms with Crippen molar-refractivity contribution < 1.29 is 14.6 Å². The van der Waals surface area contributed by atoms with E-state index in [4.69, 9.17) is 4.74 Å². The lowest BCUT2D eigenvalue weighted by Gasteiger charge is -2.16. The molecular formula is C19H17N7O3S. The molecule has 1 aliphatic heterocycles. The fourth-order valence-corrected chi connectivity index (χ4v) is 4.76. The highest BCUT2D eigenvalue weighted by molar-refractivity contribution is 8.00. The van der Waals surface area contributed by atoms with E-state index in [1.54, 1.807) is 16.8 Å². The summed E-state index contributed by atoms with van der Waals surface area (Å²) >= 11 is 1.47. The predicted molar refractivity (Wildman–Crippen MR) is 111 cm³/mol. The van der Waals surface area contributed by atoms with Crippen molar-refractivity contribution >= 4 is 34.7 Å². The minimum Gasteiger partial charge on any atom is -0.504 e. The lowest BCUT2D eigenvalue weighted by atomic mass is 10.0. The monoisotopic (exact) mass is 423 g/mol. The number of fused-ring (bicyclic) bond motifs is 2. The Kier molecular flexibility index (Phi) is 4.31. The number of carbonyl (C=O) groups is 1. The van der Waals surface area contributed by atoms with Crippen LogP contribution in [0, 0.1) is 6.92 Å². The summed E-state index contributed by atoms with van der Waals surface area (Å²) in [7, 11) is 1.50. The van der Waals surface area contributed by atoms with E-state index in [1.807, 2.05) is 13.0 Å². The maximum atomic E-state index is 12.5. The average Bonchev–Trinajstić information content (AvgIpc) is 3.29. The van der Waals surface area contributed by atoms with Gasteiger partial charge in [0.05, 0.1) is 30.1 Å². The quantitative estimate of drug-likeness (QED) is 0.458. The van der Waals surface area contributed by atoms with Crippen molar-refractivity contribution in [3.63, 3.8) is 0 Å². The summed E-state index contributed by atoms with van der Waals surface area (Å²) in [5, 5.41) is 17.7. The Balaban J connectivity index is 1.70. The molecule has 0 fully saturated rings. The molecule has 0 unspecified atom stereocenters. The molecule has 0 aliphatic carbocycles. The summed E-state index contributed by atoms with van der Waals surface area (Å²) in [5.74, 6) is 1.58. The number of amides is 1. The van der Waals surface area contributed by atoms with Gasteiger partial charge in [0.25, 0.3) is 0 Å². The van der Waals surface area contributed by atoms with Gasteiger partial charge < -0.3 is 20.1 Å². The van der Waals surface area contributed by atoms with Crippen LogP contribution in [-0.2, 0) is 4.79 Å². The molecule has 4 heterocycles. The van der Waals surface area contributed by atoms with Gasteiger partial charge in [0.15, 0.2) is 23.0 Å². The number of aromatic nitrogens is 6. The minimum atomic E-state index is -0.219. The molecule has 152 valence electrons. The molecule has 11 heteroatoms. The normalized spacial score (nSPS) is 16.2. The number of phenolic OH excluding ortho intramolecular Hbond substituents is 1. The number of hydrogen-bond acceptors (Lipinski definition) is 8. The Bertz CT molecular complexity index is 1280. The highest BCUT2D eigenvalue weighted by Gasteiger charge is 2.32. The zero-order valence-corrected chi connectivity index (χ0v) is 16.9. The van der Waals surface area contributed by atoms with Gasteiger partial charge >= 0.3 is 0 Å². The molecule has 0 bridgehead atoms. The standard InChI is InChI=1S/C19H17N7O3S/c1-9-14-16(10-3-4-12(29-2)11(27)5-10)30-6-13(28)24-18(14)26(25-9)19-15-17(21-7-20-15)22-8-23-19/h3-5,7-8,16,27H,6H2,1-2H3,(H,24,28)(H,20,21,22,23)/t16-/m1/s1. The molecule has 4 aromatic rings. The number of H-pyrrole nitrogens is 1. The number of nitrogens with one attached hydrogen (secondary N) is 2. The minimum absolute atomic E-state index is 0.0423. The molecule has 1 aromatic carbocycles. The molecule has 1 amide bonds. The molecule has 5 rings (SSSR count). The van der Waals surface area contributed by atoms with Crippen LogP contribution in [0.2, 0.25) is 0 Å². The molecule has 1 aliphatic rings. The summed E-state index contributed by atoms with van der Waals surface area (Å²) in [6.07, 6.45) is 2.95. The maximum absolute atomic E-state index is 12.5. The molecule has 0 radical (unpaired) electrons. The van der Waals surface area contributed by atoms with Crippen molar-refractivity contribution in [2.75, 3.05) is 18.2 Å². The van der Waals surface area contributed by atoms with Crippen molar-refractivity contribution in [1.82, 2.24) is 29.7 Å². The number of aromatic amines is 1. The maximum Gasteiger partial charge on any atom is 0.235 e. The van der Waals surface area contributed by atoms with Crippen LogP contribution >= 0.6 is 11.8 Å². The summed E-state index contributed by atoms with van der Waals surface area (Å²) in [6.45, 7) is 1.88. The van der Waals surface area contributed by atoms with Crippen LogP contribution in [-0.4, -0.2) is 53.6 Å². The average molecular weight is 423 g/mol. The Hall–Kier alpha value is -3.60. The number of benzene rings is 1. The van der Waals surface area contributed by atoms with Gasteiger partial charge in [-0.1, -0.05) is 6.07 Å². The van der Waals surface area contributed by atoms with Crippen molar-refractivity contribution in [3.05, 3.63) is 47.7 Å².